The van der Waals surface area contributed by atoms with E-state index in [1.165, 1.54) is 18.2 Å². The van der Waals surface area contributed by atoms with E-state index < -0.39 is 10.1 Å². The predicted molar refractivity (Wildman–Crippen MR) is 71.2 cm³/mol. The number of halogens is 1. The Bertz CT molecular complexity index is 864. The standard InChI is InChI=1S/C12H7BrO4S/c13-7-1-3-9-10-6-8(18(14,15)16)2-4-11(10)17-12(9)5-7/h1-6H,(H,14,15,16). The summed E-state index contributed by atoms with van der Waals surface area (Å²) < 4.78 is 37.7. The number of hydrogen-bond acceptors (Lipinski definition) is 3. The van der Waals surface area contributed by atoms with E-state index in [2.05, 4.69) is 15.9 Å². The number of rotatable bonds is 1. The van der Waals surface area contributed by atoms with Gasteiger partial charge in [0.1, 0.15) is 11.2 Å². The van der Waals surface area contributed by atoms with Crippen LogP contribution in [0, 0.1) is 0 Å². The number of fused-ring (bicyclic) bond motifs is 3. The highest BCUT2D eigenvalue weighted by atomic mass is 79.9. The summed E-state index contributed by atoms with van der Waals surface area (Å²) in [7, 11) is -4.20. The summed E-state index contributed by atoms with van der Waals surface area (Å²) in [5.74, 6) is 0. The number of hydrogen-bond donors (Lipinski definition) is 1. The maximum absolute atomic E-state index is 11.1. The van der Waals surface area contributed by atoms with Crippen LogP contribution in [-0.4, -0.2) is 13.0 Å². The van der Waals surface area contributed by atoms with E-state index >= 15 is 0 Å². The lowest BCUT2D eigenvalue weighted by molar-refractivity contribution is 0.483. The second-order valence-corrected chi connectivity index (χ2v) is 6.21. The average molecular weight is 327 g/mol. The van der Waals surface area contributed by atoms with E-state index in [4.69, 9.17) is 8.97 Å². The summed E-state index contributed by atoms with van der Waals surface area (Å²) in [4.78, 5) is -0.138. The molecule has 92 valence electrons. The molecule has 2 aromatic carbocycles. The molecule has 0 aliphatic carbocycles. The van der Waals surface area contributed by atoms with Gasteiger partial charge in [0.05, 0.1) is 4.90 Å². The number of benzene rings is 2. The normalized spacial score (nSPS) is 12.3. The van der Waals surface area contributed by atoms with Crippen molar-refractivity contribution in [1.29, 1.82) is 0 Å². The average Bonchev–Trinajstić information content (AvgIpc) is 2.63. The van der Waals surface area contributed by atoms with Crippen LogP contribution >= 0.6 is 15.9 Å². The number of furan rings is 1. The molecule has 0 aliphatic heterocycles. The molecule has 0 amide bonds. The second-order valence-electron chi connectivity index (χ2n) is 3.88. The monoisotopic (exact) mass is 326 g/mol. The summed E-state index contributed by atoms with van der Waals surface area (Å²) in [5, 5.41) is 1.46. The summed E-state index contributed by atoms with van der Waals surface area (Å²) in [6, 6.07) is 9.74. The first kappa shape index (κ1) is 11.7. The maximum atomic E-state index is 11.1. The zero-order valence-electron chi connectivity index (χ0n) is 8.92. The molecule has 4 nitrogen and oxygen atoms in total. The van der Waals surface area contributed by atoms with E-state index in [1.807, 2.05) is 18.2 Å². The Morgan fingerprint density at radius 2 is 1.78 bits per heavy atom. The molecule has 3 rings (SSSR count). The van der Waals surface area contributed by atoms with Crippen LogP contribution in [0.1, 0.15) is 0 Å². The van der Waals surface area contributed by atoms with E-state index in [0.717, 1.165) is 9.86 Å². The van der Waals surface area contributed by atoms with Gasteiger partial charge in [-0.15, -0.1) is 0 Å². The lowest BCUT2D eigenvalue weighted by atomic mass is 10.1. The summed E-state index contributed by atoms with van der Waals surface area (Å²) in [6.45, 7) is 0. The summed E-state index contributed by atoms with van der Waals surface area (Å²) >= 11 is 3.34. The Balaban J connectivity index is 2.43. The van der Waals surface area contributed by atoms with Gasteiger partial charge in [-0.1, -0.05) is 15.9 Å². The topological polar surface area (TPSA) is 67.5 Å². The van der Waals surface area contributed by atoms with Crippen molar-refractivity contribution in [3.63, 3.8) is 0 Å². The molecule has 0 saturated carbocycles. The molecular formula is C12H7BrO4S. The minimum absolute atomic E-state index is 0.138. The van der Waals surface area contributed by atoms with Gasteiger partial charge in [-0.05, 0) is 36.4 Å². The predicted octanol–water partition coefficient (Wildman–Crippen LogP) is 3.60. The molecule has 0 saturated heterocycles. The molecule has 1 aromatic heterocycles. The molecule has 0 spiro atoms. The minimum Gasteiger partial charge on any atom is -0.456 e. The highest BCUT2D eigenvalue weighted by molar-refractivity contribution is 9.10. The molecule has 0 bridgehead atoms. The fourth-order valence-corrected chi connectivity index (χ4v) is 2.74. The van der Waals surface area contributed by atoms with Crippen molar-refractivity contribution in [2.75, 3.05) is 0 Å². The first-order valence-corrected chi connectivity index (χ1v) is 7.28. The molecule has 18 heavy (non-hydrogen) atoms. The van der Waals surface area contributed by atoms with Crippen LogP contribution in [0.25, 0.3) is 21.9 Å². The van der Waals surface area contributed by atoms with Gasteiger partial charge in [0.2, 0.25) is 0 Å². The van der Waals surface area contributed by atoms with E-state index in [1.54, 1.807) is 0 Å². The Hall–Kier alpha value is -1.37. The van der Waals surface area contributed by atoms with E-state index in [-0.39, 0.29) is 4.90 Å². The molecular weight excluding hydrogens is 320 g/mol. The molecule has 6 heteroatoms. The van der Waals surface area contributed by atoms with Gasteiger partial charge in [-0.25, -0.2) is 0 Å². The van der Waals surface area contributed by atoms with Gasteiger partial charge in [0, 0.05) is 15.2 Å². The van der Waals surface area contributed by atoms with Gasteiger partial charge in [-0.2, -0.15) is 8.42 Å². The van der Waals surface area contributed by atoms with Gasteiger partial charge in [0.25, 0.3) is 10.1 Å². The van der Waals surface area contributed by atoms with Gasteiger partial charge in [0.15, 0.2) is 0 Å². The van der Waals surface area contributed by atoms with E-state index in [0.29, 0.717) is 16.6 Å². The Morgan fingerprint density at radius 1 is 1.00 bits per heavy atom. The highest BCUT2D eigenvalue weighted by Crippen LogP contribution is 2.31. The third-order valence-corrected chi connectivity index (χ3v) is 4.05. The first-order valence-electron chi connectivity index (χ1n) is 5.04. The van der Waals surface area contributed by atoms with Crippen LogP contribution in [0.5, 0.6) is 0 Å². The first-order chi connectivity index (χ1) is 8.45. The molecule has 0 radical (unpaired) electrons. The fourth-order valence-electron chi connectivity index (χ4n) is 1.89. The third kappa shape index (κ3) is 1.82. The van der Waals surface area contributed by atoms with Crippen molar-refractivity contribution in [2.24, 2.45) is 0 Å². The molecule has 0 aliphatic rings. The summed E-state index contributed by atoms with van der Waals surface area (Å²) in [5.41, 5.74) is 1.24. The highest BCUT2D eigenvalue weighted by Gasteiger charge is 2.13. The molecule has 0 atom stereocenters. The van der Waals surface area contributed by atoms with Crippen LogP contribution < -0.4 is 0 Å². The van der Waals surface area contributed by atoms with Gasteiger partial charge >= 0.3 is 0 Å². The lowest BCUT2D eigenvalue weighted by Gasteiger charge is -1.96. The van der Waals surface area contributed by atoms with Crippen LogP contribution in [0.15, 0.2) is 50.2 Å². The van der Waals surface area contributed by atoms with Gasteiger partial charge < -0.3 is 4.42 Å². The van der Waals surface area contributed by atoms with Crippen molar-refractivity contribution in [2.45, 2.75) is 4.90 Å². The van der Waals surface area contributed by atoms with Gasteiger partial charge in [-0.3, -0.25) is 4.55 Å². The third-order valence-electron chi connectivity index (χ3n) is 2.70. The fraction of sp³-hybridized carbons (Fsp3) is 0. The van der Waals surface area contributed by atoms with Crippen molar-refractivity contribution >= 4 is 48.0 Å². The summed E-state index contributed by atoms with van der Waals surface area (Å²) in [6.07, 6.45) is 0. The zero-order chi connectivity index (χ0) is 12.9. The smallest absolute Gasteiger partial charge is 0.294 e. The molecule has 0 fully saturated rings. The maximum Gasteiger partial charge on any atom is 0.294 e. The Labute approximate surface area is 111 Å². The van der Waals surface area contributed by atoms with Crippen molar-refractivity contribution in [3.8, 4) is 0 Å². The van der Waals surface area contributed by atoms with Crippen molar-refractivity contribution in [1.82, 2.24) is 0 Å². The molecule has 1 N–H and O–H groups in total. The van der Waals surface area contributed by atoms with Crippen LogP contribution in [0.4, 0.5) is 0 Å². The lowest BCUT2D eigenvalue weighted by Crippen LogP contribution is -1.96. The zero-order valence-corrected chi connectivity index (χ0v) is 11.3. The SMILES string of the molecule is O=S(=O)(O)c1ccc2oc3cc(Br)ccc3c2c1. The Kier molecular flexibility index (Phi) is 2.48. The largest absolute Gasteiger partial charge is 0.456 e. The molecule has 0 unspecified atom stereocenters. The van der Waals surface area contributed by atoms with Crippen LogP contribution in [-0.2, 0) is 10.1 Å². The van der Waals surface area contributed by atoms with Crippen LogP contribution in [0.3, 0.4) is 0 Å². The molecule has 1 heterocycles. The Morgan fingerprint density at radius 3 is 2.50 bits per heavy atom. The van der Waals surface area contributed by atoms with Crippen molar-refractivity contribution in [3.05, 3.63) is 40.9 Å². The second kappa shape index (κ2) is 3.81. The van der Waals surface area contributed by atoms with Crippen LogP contribution in [0.2, 0.25) is 0 Å². The quantitative estimate of drug-likeness (QED) is 0.694. The molecule has 3 aromatic rings. The van der Waals surface area contributed by atoms with E-state index in [9.17, 15) is 8.42 Å². The minimum atomic E-state index is -4.20. The van der Waals surface area contributed by atoms with Crippen molar-refractivity contribution < 1.29 is 17.4 Å².